The Morgan fingerprint density at radius 2 is 1.95 bits per heavy atom. The number of hydrogen-bond donors (Lipinski definition) is 0. The van der Waals surface area contributed by atoms with Crippen LogP contribution < -0.4 is 4.90 Å². The number of nitrogens with zero attached hydrogens (tertiary/aromatic N) is 1. The minimum atomic E-state index is 0.0630. The highest BCUT2D eigenvalue weighted by Crippen LogP contribution is 2.28. The van der Waals surface area contributed by atoms with Crippen molar-refractivity contribution >= 4 is 56.3 Å². The molecule has 2 nitrogen and oxygen atoms in total. The number of rotatable bonds is 3. The van der Waals surface area contributed by atoms with E-state index < -0.39 is 0 Å². The molecule has 1 heterocycles. The van der Waals surface area contributed by atoms with Crippen LogP contribution in [0.5, 0.6) is 0 Å². The third-order valence-corrected chi connectivity index (χ3v) is 5.22. The largest absolute Gasteiger partial charge is 0.308 e. The van der Waals surface area contributed by atoms with E-state index in [-0.39, 0.29) is 5.91 Å². The molecule has 4 heteroatoms. The van der Waals surface area contributed by atoms with E-state index in [0.717, 1.165) is 24.9 Å². The number of hydrogen-bond acceptors (Lipinski definition) is 2. The average Bonchev–Trinajstić information content (AvgIpc) is 2.95. The standard InChI is InChI=1S/C17H14INOS/c1-2-19(17(20)13-10-16(18)21-11-13)15-9-5-7-12-6-3-4-8-14(12)15/h3-11H,2H2,1H3. The van der Waals surface area contributed by atoms with Crippen LogP contribution in [0.15, 0.2) is 53.9 Å². The fourth-order valence-corrected chi connectivity index (χ4v) is 3.77. The molecule has 0 fully saturated rings. The first kappa shape index (κ1) is 14.5. The fraction of sp³-hybridized carbons (Fsp3) is 0.118. The van der Waals surface area contributed by atoms with Gasteiger partial charge in [-0.05, 0) is 47.0 Å². The van der Waals surface area contributed by atoms with Gasteiger partial charge in [0.25, 0.3) is 5.91 Å². The van der Waals surface area contributed by atoms with E-state index in [0.29, 0.717) is 6.54 Å². The van der Waals surface area contributed by atoms with Crippen LogP contribution in [-0.2, 0) is 0 Å². The molecule has 21 heavy (non-hydrogen) atoms. The van der Waals surface area contributed by atoms with E-state index in [1.165, 1.54) is 0 Å². The van der Waals surface area contributed by atoms with Crippen molar-refractivity contribution in [2.45, 2.75) is 6.92 Å². The van der Waals surface area contributed by atoms with Gasteiger partial charge in [0.1, 0.15) is 0 Å². The smallest absolute Gasteiger partial charge is 0.259 e. The first-order valence-corrected chi connectivity index (χ1v) is 8.70. The molecule has 0 N–H and O–H groups in total. The Balaban J connectivity index is 2.08. The normalized spacial score (nSPS) is 10.8. The van der Waals surface area contributed by atoms with Gasteiger partial charge in [-0.15, -0.1) is 11.3 Å². The summed E-state index contributed by atoms with van der Waals surface area (Å²) in [7, 11) is 0. The van der Waals surface area contributed by atoms with Crippen LogP contribution in [-0.4, -0.2) is 12.5 Å². The number of fused-ring (bicyclic) bond motifs is 1. The zero-order chi connectivity index (χ0) is 14.8. The minimum absolute atomic E-state index is 0.0630. The molecule has 0 saturated heterocycles. The average molecular weight is 407 g/mol. The third-order valence-electron chi connectivity index (χ3n) is 3.43. The molecule has 1 amide bonds. The maximum atomic E-state index is 12.8. The predicted octanol–water partition coefficient (Wildman–Crippen LogP) is 5.17. The van der Waals surface area contributed by atoms with Crippen molar-refractivity contribution in [3.05, 3.63) is 62.4 Å². The van der Waals surface area contributed by atoms with Crippen molar-refractivity contribution in [3.63, 3.8) is 0 Å². The van der Waals surface area contributed by atoms with Crippen molar-refractivity contribution in [2.75, 3.05) is 11.4 Å². The molecule has 0 bridgehead atoms. The molecule has 0 aliphatic heterocycles. The van der Waals surface area contributed by atoms with E-state index in [1.54, 1.807) is 11.3 Å². The summed E-state index contributed by atoms with van der Waals surface area (Å²) in [6.45, 7) is 2.66. The number of carbonyl (C=O) groups is 1. The number of anilines is 1. The van der Waals surface area contributed by atoms with Gasteiger partial charge in [0, 0.05) is 17.3 Å². The maximum absolute atomic E-state index is 12.8. The van der Waals surface area contributed by atoms with Gasteiger partial charge in [-0.1, -0.05) is 36.4 Å². The van der Waals surface area contributed by atoms with Gasteiger partial charge >= 0.3 is 0 Å². The molecule has 3 aromatic rings. The van der Waals surface area contributed by atoms with E-state index >= 15 is 0 Å². The Hall–Kier alpha value is -1.40. The zero-order valence-electron chi connectivity index (χ0n) is 11.5. The van der Waals surface area contributed by atoms with E-state index in [4.69, 9.17) is 0 Å². The summed E-state index contributed by atoms with van der Waals surface area (Å²) in [5.41, 5.74) is 1.74. The van der Waals surface area contributed by atoms with Gasteiger partial charge < -0.3 is 4.90 Å². The van der Waals surface area contributed by atoms with Crippen molar-refractivity contribution < 1.29 is 4.79 Å². The van der Waals surface area contributed by atoms with Gasteiger partial charge in [-0.3, -0.25) is 4.79 Å². The Kier molecular flexibility index (Phi) is 4.26. The molecule has 0 radical (unpaired) electrons. The van der Waals surface area contributed by atoms with Crippen LogP contribution in [0.1, 0.15) is 17.3 Å². The van der Waals surface area contributed by atoms with Crippen LogP contribution in [0.3, 0.4) is 0 Å². The van der Waals surface area contributed by atoms with Gasteiger partial charge in [-0.2, -0.15) is 0 Å². The molecule has 0 aliphatic rings. The van der Waals surface area contributed by atoms with Crippen LogP contribution in [0, 0.1) is 2.88 Å². The summed E-state index contributed by atoms with van der Waals surface area (Å²) in [5, 5.41) is 4.19. The summed E-state index contributed by atoms with van der Waals surface area (Å²) in [5.74, 6) is 0.0630. The molecular formula is C17H14INOS. The van der Waals surface area contributed by atoms with Crippen molar-refractivity contribution in [1.29, 1.82) is 0 Å². The third kappa shape index (κ3) is 2.82. The molecule has 0 unspecified atom stereocenters. The highest BCUT2D eigenvalue weighted by Gasteiger charge is 2.18. The number of carbonyl (C=O) groups excluding carboxylic acids is 1. The lowest BCUT2D eigenvalue weighted by molar-refractivity contribution is 0.0989. The SMILES string of the molecule is CCN(C(=O)c1csc(I)c1)c1cccc2ccccc12. The number of thiophene rings is 1. The number of benzene rings is 2. The molecule has 0 saturated carbocycles. The second kappa shape index (κ2) is 6.15. The summed E-state index contributed by atoms with van der Waals surface area (Å²) in [6.07, 6.45) is 0. The van der Waals surface area contributed by atoms with E-state index in [1.807, 2.05) is 47.5 Å². The Bertz CT molecular complexity index is 791. The summed E-state index contributed by atoms with van der Waals surface area (Å²) >= 11 is 3.84. The van der Waals surface area contributed by atoms with Gasteiger partial charge in [-0.25, -0.2) is 0 Å². The predicted molar refractivity (Wildman–Crippen MR) is 98.3 cm³/mol. The molecule has 0 spiro atoms. The Morgan fingerprint density at radius 1 is 1.19 bits per heavy atom. The minimum Gasteiger partial charge on any atom is -0.308 e. The van der Waals surface area contributed by atoms with E-state index in [2.05, 4.69) is 40.8 Å². The quantitative estimate of drug-likeness (QED) is 0.549. The number of amides is 1. The highest BCUT2D eigenvalue weighted by molar-refractivity contribution is 14.1. The lowest BCUT2D eigenvalue weighted by Crippen LogP contribution is -2.30. The Morgan fingerprint density at radius 3 is 2.67 bits per heavy atom. The first-order valence-electron chi connectivity index (χ1n) is 6.74. The lowest BCUT2D eigenvalue weighted by atomic mass is 10.1. The molecule has 3 rings (SSSR count). The van der Waals surface area contributed by atoms with Crippen LogP contribution in [0.4, 0.5) is 5.69 Å². The van der Waals surface area contributed by atoms with Gasteiger partial charge in [0.15, 0.2) is 0 Å². The Labute approximate surface area is 141 Å². The first-order chi connectivity index (χ1) is 10.2. The zero-order valence-corrected chi connectivity index (χ0v) is 14.5. The molecule has 2 aromatic carbocycles. The topological polar surface area (TPSA) is 20.3 Å². The summed E-state index contributed by atoms with van der Waals surface area (Å²) < 4.78 is 1.13. The van der Waals surface area contributed by atoms with Crippen LogP contribution in [0.2, 0.25) is 0 Å². The highest BCUT2D eigenvalue weighted by atomic mass is 127. The van der Waals surface area contributed by atoms with E-state index in [9.17, 15) is 4.79 Å². The molecule has 0 aliphatic carbocycles. The monoisotopic (exact) mass is 407 g/mol. The van der Waals surface area contributed by atoms with Gasteiger partial charge in [0.2, 0.25) is 0 Å². The number of halogens is 1. The second-order valence-corrected chi connectivity index (χ2v) is 7.49. The summed E-state index contributed by atoms with van der Waals surface area (Å²) in [4.78, 5) is 14.6. The van der Waals surface area contributed by atoms with Crippen molar-refractivity contribution in [2.24, 2.45) is 0 Å². The summed E-state index contributed by atoms with van der Waals surface area (Å²) in [6, 6.07) is 16.2. The van der Waals surface area contributed by atoms with Crippen molar-refractivity contribution in [3.8, 4) is 0 Å². The van der Waals surface area contributed by atoms with Crippen LogP contribution >= 0.6 is 33.9 Å². The van der Waals surface area contributed by atoms with Gasteiger partial charge in [0.05, 0.1) is 14.1 Å². The molecule has 1 aromatic heterocycles. The molecular weight excluding hydrogens is 393 g/mol. The molecule has 106 valence electrons. The lowest BCUT2D eigenvalue weighted by Gasteiger charge is -2.22. The second-order valence-electron chi connectivity index (χ2n) is 4.69. The molecule has 0 atom stereocenters. The fourth-order valence-electron chi connectivity index (χ4n) is 2.45. The van der Waals surface area contributed by atoms with Crippen LogP contribution in [0.25, 0.3) is 10.8 Å². The van der Waals surface area contributed by atoms with Crippen molar-refractivity contribution in [1.82, 2.24) is 0 Å². The maximum Gasteiger partial charge on any atom is 0.259 e.